The molecule has 1 aromatic heterocycles. The Morgan fingerprint density at radius 2 is 2.00 bits per heavy atom. The summed E-state index contributed by atoms with van der Waals surface area (Å²) >= 11 is 0. The SMILES string of the molecule is FC(F)C(F)(F)n1cccn1. The summed E-state index contributed by atoms with van der Waals surface area (Å²) in [5.41, 5.74) is 0. The van der Waals surface area contributed by atoms with Gasteiger partial charge in [0.15, 0.2) is 0 Å². The van der Waals surface area contributed by atoms with Crippen molar-refractivity contribution in [1.82, 2.24) is 9.78 Å². The average molecular weight is 168 g/mol. The van der Waals surface area contributed by atoms with Gasteiger partial charge in [0, 0.05) is 12.4 Å². The lowest BCUT2D eigenvalue weighted by Crippen LogP contribution is -2.31. The van der Waals surface area contributed by atoms with Crippen LogP contribution in [-0.2, 0) is 6.05 Å². The van der Waals surface area contributed by atoms with E-state index in [4.69, 9.17) is 0 Å². The Morgan fingerprint density at radius 3 is 2.36 bits per heavy atom. The molecule has 0 saturated heterocycles. The monoisotopic (exact) mass is 168 g/mol. The van der Waals surface area contributed by atoms with Crippen LogP contribution in [0.3, 0.4) is 0 Å². The molecule has 0 saturated carbocycles. The Balaban J connectivity index is 2.90. The number of aromatic nitrogens is 2. The van der Waals surface area contributed by atoms with Crippen molar-refractivity contribution in [2.24, 2.45) is 0 Å². The molecule has 0 spiro atoms. The van der Waals surface area contributed by atoms with Gasteiger partial charge >= 0.3 is 12.5 Å². The van der Waals surface area contributed by atoms with Gasteiger partial charge in [0.05, 0.1) is 0 Å². The van der Waals surface area contributed by atoms with Crippen molar-refractivity contribution >= 4 is 0 Å². The molecule has 0 radical (unpaired) electrons. The van der Waals surface area contributed by atoms with Crippen molar-refractivity contribution in [3.8, 4) is 0 Å². The first kappa shape index (κ1) is 8.03. The quantitative estimate of drug-likeness (QED) is 0.614. The summed E-state index contributed by atoms with van der Waals surface area (Å²) in [4.78, 5) is 0. The third kappa shape index (κ3) is 1.33. The van der Waals surface area contributed by atoms with Gasteiger partial charge in [0.1, 0.15) is 0 Å². The van der Waals surface area contributed by atoms with E-state index in [0.717, 1.165) is 18.5 Å². The lowest BCUT2D eigenvalue weighted by atomic mass is 10.6. The molecule has 0 atom stereocenters. The zero-order valence-electron chi connectivity index (χ0n) is 5.22. The molecule has 0 bridgehead atoms. The van der Waals surface area contributed by atoms with Gasteiger partial charge in [-0.2, -0.15) is 13.9 Å². The van der Waals surface area contributed by atoms with E-state index < -0.39 is 12.5 Å². The van der Waals surface area contributed by atoms with E-state index in [1.54, 1.807) is 0 Å². The molecule has 6 heteroatoms. The highest BCUT2D eigenvalue weighted by atomic mass is 19.3. The zero-order chi connectivity index (χ0) is 8.48. The van der Waals surface area contributed by atoms with Crippen LogP contribution in [0.15, 0.2) is 18.5 Å². The van der Waals surface area contributed by atoms with E-state index in [-0.39, 0.29) is 4.68 Å². The van der Waals surface area contributed by atoms with Crippen molar-refractivity contribution in [2.45, 2.75) is 12.5 Å². The van der Waals surface area contributed by atoms with Gasteiger partial charge in [0.25, 0.3) is 0 Å². The number of hydrogen-bond acceptors (Lipinski definition) is 1. The molecular weight excluding hydrogens is 164 g/mol. The molecular formula is C5H4F4N2. The molecule has 0 fully saturated rings. The Morgan fingerprint density at radius 1 is 1.36 bits per heavy atom. The molecule has 0 aliphatic heterocycles. The van der Waals surface area contributed by atoms with E-state index >= 15 is 0 Å². The van der Waals surface area contributed by atoms with Crippen LogP contribution in [0.5, 0.6) is 0 Å². The number of alkyl halides is 4. The van der Waals surface area contributed by atoms with Gasteiger partial charge in [-0.05, 0) is 6.07 Å². The number of nitrogens with zero attached hydrogens (tertiary/aromatic N) is 2. The number of hydrogen-bond donors (Lipinski definition) is 0. The van der Waals surface area contributed by atoms with Gasteiger partial charge in [0.2, 0.25) is 0 Å². The van der Waals surface area contributed by atoms with E-state index in [1.807, 2.05) is 0 Å². The Kier molecular flexibility index (Phi) is 1.84. The maximum absolute atomic E-state index is 12.3. The molecule has 1 aromatic rings. The van der Waals surface area contributed by atoms with Crippen LogP contribution < -0.4 is 0 Å². The first-order valence-corrected chi connectivity index (χ1v) is 2.71. The molecule has 0 unspecified atom stereocenters. The van der Waals surface area contributed by atoms with Gasteiger partial charge in [-0.3, -0.25) is 0 Å². The Hall–Kier alpha value is -1.07. The number of halogens is 4. The summed E-state index contributed by atoms with van der Waals surface area (Å²) in [6.07, 6.45) is -1.94. The number of rotatable bonds is 2. The van der Waals surface area contributed by atoms with Gasteiger partial charge < -0.3 is 0 Å². The van der Waals surface area contributed by atoms with Crippen molar-refractivity contribution < 1.29 is 17.6 Å². The third-order valence-electron chi connectivity index (χ3n) is 1.07. The largest absolute Gasteiger partial charge is 0.403 e. The summed E-state index contributed by atoms with van der Waals surface area (Å²) in [5, 5.41) is 3.00. The van der Waals surface area contributed by atoms with Crippen LogP contribution in [0, 0.1) is 0 Å². The lowest BCUT2D eigenvalue weighted by Gasteiger charge is -2.14. The Bertz CT molecular complexity index is 218. The molecule has 0 N–H and O–H groups in total. The molecule has 0 amide bonds. The minimum Gasteiger partial charge on any atom is -0.204 e. The molecule has 62 valence electrons. The van der Waals surface area contributed by atoms with Crippen LogP contribution in [0.2, 0.25) is 0 Å². The zero-order valence-corrected chi connectivity index (χ0v) is 5.22. The fourth-order valence-electron chi connectivity index (χ4n) is 0.545. The van der Waals surface area contributed by atoms with Crippen molar-refractivity contribution in [3.05, 3.63) is 18.5 Å². The summed E-state index contributed by atoms with van der Waals surface area (Å²) in [7, 11) is 0. The first-order valence-electron chi connectivity index (χ1n) is 2.71. The summed E-state index contributed by atoms with van der Waals surface area (Å²) < 4.78 is 47.6. The van der Waals surface area contributed by atoms with Gasteiger partial charge in [-0.1, -0.05) is 0 Å². The molecule has 1 heterocycles. The van der Waals surface area contributed by atoms with Crippen molar-refractivity contribution in [1.29, 1.82) is 0 Å². The first-order chi connectivity index (χ1) is 5.05. The van der Waals surface area contributed by atoms with Crippen LogP contribution in [0.1, 0.15) is 0 Å². The maximum Gasteiger partial charge on any atom is 0.403 e. The Labute approximate surface area is 59.4 Å². The average Bonchev–Trinajstić information content (AvgIpc) is 2.37. The molecule has 2 nitrogen and oxygen atoms in total. The van der Waals surface area contributed by atoms with E-state index in [1.165, 1.54) is 0 Å². The molecule has 11 heavy (non-hydrogen) atoms. The summed E-state index contributed by atoms with van der Waals surface area (Å²) in [6.45, 7) is 0. The van der Waals surface area contributed by atoms with Gasteiger partial charge in [-0.25, -0.2) is 13.5 Å². The van der Waals surface area contributed by atoms with Gasteiger partial charge in [-0.15, -0.1) is 0 Å². The summed E-state index contributed by atoms with van der Waals surface area (Å²) in [5.74, 6) is 0. The molecule has 1 rings (SSSR count). The fourth-order valence-corrected chi connectivity index (χ4v) is 0.545. The highest BCUT2D eigenvalue weighted by Crippen LogP contribution is 2.26. The fraction of sp³-hybridized carbons (Fsp3) is 0.400. The standard InChI is InChI=1S/C5H4F4N2/c6-4(7)5(8,9)11-3-1-2-10-11/h1-4H. The topological polar surface area (TPSA) is 17.8 Å². The predicted octanol–water partition coefficient (Wildman–Crippen LogP) is 1.70. The predicted molar refractivity (Wildman–Crippen MR) is 28.4 cm³/mol. The van der Waals surface area contributed by atoms with Crippen LogP contribution in [0.4, 0.5) is 17.6 Å². The van der Waals surface area contributed by atoms with E-state index in [0.29, 0.717) is 0 Å². The minimum absolute atomic E-state index is 0.0718. The van der Waals surface area contributed by atoms with Crippen LogP contribution in [0.25, 0.3) is 0 Å². The van der Waals surface area contributed by atoms with Crippen molar-refractivity contribution in [3.63, 3.8) is 0 Å². The van der Waals surface area contributed by atoms with E-state index in [2.05, 4.69) is 5.10 Å². The second-order valence-electron chi connectivity index (χ2n) is 1.84. The summed E-state index contributed by atoms with van der Waals surface area (Å²) in [6, 6.07) is -3.06. The normalized spacial score (nSPS) is 12.5. The van der Waals surface area contributed by atoms with Crippen LogP contribution in [-0.4, -0.2) is 16.2 Å². The smallest absolute Gasteiger partial charge is 0.204 e. The van der Waals surface area contributed by atoms with Crippen LogP contribution >= 0.6 is 0 Å². The molecule has 0 aliphatic rings. The minimum atomic E-state index is -4.20. The molecule has 0 aliphatic carbocycles. The van der Waals surface area contributed by atoms with Crippen molar-refractivity contribution in [2.75, 3.05) is 0 Å². The maximum atomic E-state index is 12.3. The highest BCUT2D eigenvalue weighted by molar-refractivity contribution is 4.81. The second kappa shape index (κ2) is 2.52. The lowest BCUT2D eigenvalue weighted by molar-refractivity contribution is -0.196. The third-order valence-corrected chi connectivity index (χ3v) is 1.07. The molecule has 0 aromatic carbocycles. The highest BCUT2D eigenvalue weighted by Gasteiger charge is 2.43. The van der Waals surface area contributed by atoms with E-state index in [9.17, 15) is 17.6 Å². The second-order valence-corrected chi connectivity index (χ2v) is 1.84.